The average Bonchev–Trinajstić information content (AvgIpc) is 3.41. The van der Waals surface area contributed by atoms with E-state index in [0.29, 0.717) is 55.7 Å². The second-order valence-electron chi connectivity index (χ2n) is 12.1. The first-order valence-electron chi connectivity index (χ1n) is 14.6. The van der Waals surface area contributed by atoms with Crippen LogP contribution in [0.4, 0.5) is 0 Å². The number of hydrogen-bond donors (Lipinski definition) is 4. The zero-order valence-electron chi connectivity index (χ0n) is 26.0. The minimum absolute atomic E-state index is 0.0361. The Hall–Kier alpha value is -5.42. The van der Waals surface area contributed by atoms with E-state index in [4.69, 9.17) is 18.9 Å². The zero-order chi connectivity index (χ0) is 32.8. The van der Waals surface area contributed by atoms with Crippen LogP contribution in [0.15, 0.2) is 58.1 Å². The number of pyridine rings is 2. The molecule has 0 saturated carbocycles. The molecule has 3 heterocycles. The van der Waals surface area contributed by atoms with Gasteiger partial charge in [0, 0.05) is 35.7 Å². The molecular formula is C35H32N2O9. The van der Waals surface area contributed by atoms with E-state index >= 15 is 0 Å². The Kier molecular flexibility index (Phi) is 6.40. The maximum Gasteiger partial charge on any atom is 0.201 e. The lowest BCUT2D eigenvalue weighted by Gasteiger charge is -2.31. The fraction of sp³-hybridized carbons (Fsp3) is 0.257. The van der Waals surface area contributed by atoms with E-state index in [1.807, 2.05) is 0 Å². The van der Waals surface area contributed by atoms with Crippen LogP contribution in [0, 0.1) is 0 Å². The summed E-state index contributed by atoms with van der Waals surface area (Å²) in [6.45, 7) is 3.21. The number of para-hydroxylation sites is 1. The summed E-state index contributed by atoms with van der Waals surface area (Å²) in [6.07, 6.45) is -0.932. The molecule has 0 saturated heterocycles. The van der Waals surface area contributed by atoms with E-state index in [2.05, 4.69) is 4.98 Å². The van der Waals surface area contributed by atoms with Crippen LogP contribution in [-0.4, -0.2) is 57.9 Å². The van der Waals surface area contributed by atoms with Crippen LogP contribution < -0.4 is 29.8 Å². The summed E-state index contributed by atoms with van der Waals surface area (Å²) in [4.78, 5) is 31.2. The number of aromatic hydroxyl groups is 2. The third kappa shape index (κ3) is 3.94. The molecule has 0 bridgehead atoms. The van der Waals surface area contributed by atoms with Gasteiger partial charge in [-0.05, 0) is 44.2 Å². The van der Waals surface area contributed by atoms with Crippen molar-refractivity contribution in [3.8, 4) is 34.5 Å². The van der Waals surface area contributed by atoms with Crippen molar-refractivity contribution in [3.05, 3.63) is 80.1 Å². The molecule has 1 aliphatic heterocycles. The van der Waals surface area contributed by atoms with Gasteiger partial charge in [-0.25, -0.2) is 0 Å². The number of nitrogens with zero attached hydrogens (tertiary/aromatic N) is 1. The number of aliphatic hydroxyl groups is 1. The number of nitrogens with one attached hydrogen (secondary N) is 1. The highest BCUT2D eigenvalue weighted by molar-refractivity contribution is 6.02. The lowest BCUT2D eigenvalue weighted by molar-refractivity contribution is -0.0298. The van der Waals surface area contributed by atoms with Gasteiger partial charge in [0.05, 0.1) is 71.1 Å². The highest BCUT2D eigenvalue weighted by atomic mass is 16.5. The van der Waals surface area contributed by atoms with E-state index in [0.717, 1.165) is 0 Å². The number of phenolic OH excluding ortho intramolecular Hbond substituents is 2. The Morgan fingerprint density at radius 3 is 2.26 bits per heavy atom. The van der Waals surface area contributed by atoms with E-state index in [1.54, 1.807) is 61.9 Å². The predicted octanol–water partition coefficient (Wildman–Crippen LogP) is 4.79. The third-order valence-corrected chi connectivity index (χ3v) is 9.00. The van der Waals surface area contributed by atoms with E-state index in [-0.39, 0.29) is 39.0 Å². The van der Waals surface area contributed by atoms with Gasteiger partial charge in [-0.15, -0.1) is 0 Å². The first-order valence-corrected chi connectivity index (χ1v) is 14.6. The third-order valence-electron chi connectivity index (χ3n) is 9.00. The molecule has 2 atom stereocenters. The molecule has 0 radical (unpaired) electrons. The van der Waals surface area contributed by atoms with Gasteiger partial charge in [-0.2, -0.15) is 0 Å². The largest absolute Gasteiger partial charge is 0.507 e. The van der Waals surface area contributed by atoms with Gasteiger partial charge in [0.1, 0.15) is 29.1 Å². The lowest BCUT2D eigenvalue weighted by atomic mass is 9.80. The van der Waals surface area contributed by atoms with Crippen LogP contribution in [0.1, 0.15) is 30.9 Å². The number of fused-ring (bicyclic) bond motifs is 6. The number of hydrogen-bond acceptors (Lipinski definition) is 9. The molecule has 46 heavy (non-hydrogen) atoms. The van der Waals surface area contributed by atoms with Crippen LogP contribution in [-0.2, 0) is 7.05 Å². The fourth-order valence-electron chi connectivity index (χ4n) is 6.99. The SMILES string of the molecule is COc1cc2[nH]c3c(OC)c(OC)ccc3c(=O)c2cc1[C@@H]1c2c(cc(O)c3c(=O)c4cccc(O)c4n(C)c23)O[C@H]1C(C)(C)O. The zero-order valence-corrected chi connectivity index (χ0v) is 26.0. The number of rotatable bonds is 5. The van der Waals surface area contributed by atoms with Gasteiger partial charge in [-0.3, -0.25) is 9.59 Å². The molecule has 11 heteroatoms. The summed E-state index contributed by atoms with van der Waals surface area (Å²) in [5, 5.41) is 34.4. The molecule has 0 aliphatic carbocycles. The second-order valence-corrected chi connectivity index (χ2v) is 12.1. The Morgan fingerprint density at radius 2 is 1.59 bits per heavy atom. The fourth-order valence-corrected chi connectivity index (χ4v) is 6.99. The number of aromatic amines is 1. The molecule has 7 rings (SSSR count). The summed E-state index contributed by atoms with van der Waals surface area (Å²) in [7, 11) is 6.20. The maximum atomic E-state index is 14.0. The molecule has 4 N–H and O–H groups in total. The molecule has 2 aromatic heterocycles. The number of methoxy groups -OCH3 is 3. The highest BCUT2D eigenvalue weighted by Crippen LogP contribution is 2.53. The summed E-state index contributed by atoms with van der Waals surface area (Å²) in [5.74, 6) is 0.275. The van der Waals surface area contributed by atoms with Crippen LogP contribution in [0.2, 0.25) is 0 Å². The molecule has 236 valence electrons. The monoisotopic (exact) mass is 624 g/mol. The van der Waals surface area contributed by atoms with Crippen molar-refractivity contribution in [2.75, 3.05) is 21.3 Å². The van der Waals surface area contributed by atoms with Gasteiger partial charge in [-0.1, -0.05) is 6.07 Å². The highest BCUT2D eigenvalue weighted by Gasteiger charge is 2.47. The van der Waals surface area contributed by atoms with Gasteiger partial charge in [0.25, 0.3) is 0 Å². The number of H-pyrrole nitrogens is 1. The smallest absolute Gasteiger partial charge is 0.201 e. The topological polar surface area (TPSA) is 152 Å². The number of ether oxygens (including phenoxy) is 4. The lowest BCUT2D eigenvalue weighted by Crippen LogP contribution is -2.42. The molecule has 1 aliphatic rings. The van der Waals surface area contributed by atoms with Gasteiger partial charge >= 0.3 is 0 Å². The van der Waals surface area contributed by atoms with Crippen LogP contribution >= 0.6 is 0 Å². The molecule has 0 unspecified atom stereocenters. The molecule has 0 fully saturated rings. The van der Waals surface area contributed by atoms with Crippen LogP contribution in [0.3, 0.4) is 0 Å². The minimum atomic E-state index is -1.44. The van der Waals surface area contributed by atoms with Crippen molar-refractivity contribution in [2.45, 2.75) is 31.5 Å². The maximum absolute atomic E-state index is 14.0. The number of aromatic nitrogens is 2. The van der Waals surface area contributed by atoms with Gasteiger partial charge < -0.3 is 43.8 Å². The van der Waals surface area contributed by atoms with Gasteiger partial charge in [0.2, 0.25) is 5.43 Å². The number of phenols is 2. The quantitative estimate of drug-likeness (QED) is 0.199. The van der Waals surface area contributed by atoms with Crippen molar-refractivity contribution in [2.24, 2.45) is 7.05 Å². The first kappa shape index (κ1) is 29.3. The molecule has 6 aromatic rings. The van der Waals surface area contributed by atoms with Crippen molar-refractivity contribution in [1.82, 2.24) is 9.55 Å². The van der Waals surface area contributed by atoms with Crippen LogP contribution in [0.5, 0.6) is 34.5 Å². The van der Waals surface area contributed by atoms with Crippen LogP contribution in [0.25, 0.3) is 43.6 Å². The molecule has 0 spiro atoms. The number of benzene rings is 4. The standard InChI is InChI=1S/C35H32N2O9/c1-35(2,42)34-25(27-24(46-34)14-21(39)26-30(27)37(3)29-16(32(26)41)8-7-9-20(29)38)18-12-17-19(13-23(18)44-5)36-28-15(31(17)40)10-11-22(43-4)33(28)45-6/h7-14,25,34,38-39,42H,1-6H3,(H,36,40)/t25-,34-/m1/s1. The average molecular weight is 625 g/mol. The summed E-state index contributed by atoms with van der Waals surface area (Å²) >= 11 is 0. The van der Waals surface area contributed by atoms with E-state index < -0.39 is 23.1 Å². The molecule has 4 aromatic carbocycles. The minimum Gasteiger partial charge on any atom is -0.507 e. The van der Waals surface area contributed by atoms with Crippen molar-refractivity contribution < 1.29 is 34.3 Å². The molecular weight excluding hydrogens is 592 g/mol. The second kappa shape index (κ2) is 10.0. The first-order chi connectivity index (χ1) is 21.9. The Morgan fingerprint density at radius 1 is 0.848 bits per heavy atom. The summed E-state index contributed by atoms with van der Waals surface area (Å²) < 4.78 is 24.9. The Bertz CT molecular complexity index is 2380. The van der Waals surface area contributed by atoms with Gasteiger partial charge in [0.15, 0.2) is 16.9 Å². The predicted molar refractivity (Wildman–Crippen MR) is 174 cm³/mol. The normalized spacial score (nSPS) is 16.2. The number of aryl methyl sites for hydroxylation is 1. The van der Waals surface area contributed by atoms with E-state index in [9.17, 15) is 24.9 Å². The van der Waals surface area contributed by atoms with Crippen molar-refractivity contribution >= 4 is 43.6 Å². The summed E-state index contributed by atoms with van der Waals surface area (Å²) in [6, 6.07) is 12.8. The Labute approximate surface area is 261 Å². The molecule has 0 amide bonds. The van der Waals surface area contributed by atoms with E-state index in [1.165, 1.54) is 33.5 Å². The van der Waals surface area contributed by atoms with Crippen molar-refractivity contribution in [1.29, 1.82) is 0 Å². The molecule has 11 nitrogen and oxygen atoms in total. The Balaban J connectivity index is 1.61. The summed E-state index contributed by atoms with van der Waals surface area (Å²) in [5.41, 5.74) is 0.350. The van der Waals surface area contributed by atoms with Crippen molar-refractivity contribution in [3.63, 3.8) is 0 Å².